The summed E-state index contributed by atoms with van der Waals surface area (Å²) >= 11 is 0. The summed E-state index contributed by atoms with van der Waals surface area (Å²) in [6.45, 7) is 0.0576. The van der Waals surface area contributed by atoms with E-state index in [4.69, 9.17) is 5.11 Å². The second-order valence-corrected chi connectivity index (χ2v) is 6.75. The van der Waals surface area contributed by atoms with Gasteiger partial charge in [-0.05, 0) is 12.1 Å². The molecule has 0 aliphatic rings. The number of aromatic nitrogens is 1. The van der Waals surface area contributed by atoms with Gasteiger partial charge in [0.05, 0.1) is 5.75 Å². The van der Waals surface area contributed by atoms with Crippen LogP contribution in [0.1, 0.15) is 15.9 Å². The standard InChI is InChI=1S/C13H16N2O5S/c1-15(7-8-21(2,19)20)13(18)11-5-6-14-9-10(11)3-4-12(16)17/h3-6,9H,7-8H2,1-2H3,(H,16,17). The van der Waals surface area contributed by atoms with Crippen molar-refractivity contribution in [1.82, 2.24) is 9.88 Å². The van der Waals surface area contributed by atoms with Gasteiger partial charge < -0.3 is 10.0 Å². The molecule has 0 fully saturated rings. The molecule has 21 heavy (non-hydrogen) atoms. The van der Waals surface area contributed by atoms with Crippen molar-refractivity contribution in [1.29, 1.82) is 0 Å². The third kappa shape index (κ3) is 5.74. The van der Waals surface area contributed by atoms with E-state index in [0.29, 0.717) is 5.56 Å². The SMILES string of the molecule is CN(CCS(C)(=O)=O)C(=O)c1ccncc1C=CC(=O)O. The maximum Gasteiger partial charge on any atom is 0.328 e. The molecule has 114 valence electrons. The van der Waals surface area contributed by atoms with Crippen molar-refractivity contribution < 1.29 is 23.1 Å². The Bertz CT molecular complexity index is 667. The number of carboxylic acid groups (broad SMARTS) is 1. The molecule has 0 saturated heterocycles. The number of sulfone groups is 1. The predicted octanol–water partition coefficient (Wildman–Crippen LogP) is 0.296. The molecular formula is C13H16N2O5S. The highest BCUT2D eigenvalue weighted by Crippen LogP contribution is 2.11. The van der Waals surface area contributed by atoms with Gasteiger partial charge in [-0.3, -0.25) is 9.78 Å². The number of hydrogen-bond acceptors (Lipinski definition) is 5. The fourth-order valence-electron chi connectivity index (χ4n) is 1.51. The quantitative estimate of drug-likeness (QED) is 0.757. The predicted molar refractivity (Wildman–Crippen MR) is 77.6 cm³/mol. The largest absolute Gasteiger partial charge is 0.478 e. The first-order valence-electron chi connectivity index (χ1n) is 5.99. The number of rotatable bonds is 6. The molecule has 0 radical (unpaired) electrons. The molecule has 1 amide bonds. The number of carboxylic acids is 1. The first-order valence-corrected chi connectivity index (χ1v) is 8.05. The van der Waals surface area contributed by atoms with Crippen LogP contribution in [-0.4, -0.2) is 60.9 Å². The first kappa shape index (κ1) is 16.8. The fraction of sp³-hybridized carbons (Fsp3) is 0.308. The molecule has 1 aromatic heterocycles. The molecule has 1 heterocycles. The van der Waals surface area contributed by atoms with Gasteiger partial charge in [-0.15, -0.1) is 0 Å². The van der Waals surface area contributed by atoms with E-state index < -0.39 is 21.7 Å². The van der Waals surface area contributed by atoms with Gasteiger partial charge in [-0.2, -0.15) is 0 Å². The van der Waals surface area contributed by atoms with E-state index in [9.17, 15) is 18.0 Å². The first-order chi connectivity index (χ1) is 9.70. The highest BCUT2D eigenvalue weighted by atomic mass is 32.2. The van der Waals surface area contributed by atoms with Crippen molar-refractivity contribution in [2.75, 3.05) is 25.6 Å². The maximum absolute atomic E-state index is 12.2. The van der Waals surface area contributed by atoms with Crippen LogP contribution in [0.15, 0.2) is 24.5 Å². The van der Waals surface area contributed by atoms with Crippen LogP contribution < -0.4 is 0 Å². The average molecular weight is 312 g/mol. The summed E-state index contributed by atoms with van der Waals surface area (Å²) in [5.74, 6) is -1.67. The normalized spacial score (nSPS) is 11.5. The molecule has 0 aliphatic heterocycles. The smallest absolute Gasteiger partial charge is 0.328 e. The summed E-state index contributed by atoms with van der Waals surface area (Å²) in [7, 11) is -1.68. The summed E-state index contributed by atoms with van der Waals surface area (Å²) in [4.78, 5) is 27.9. The van der Waals surface area contributed by atoms with E-state index in [1.54, 1.807) is 0 Å². The number of hydrogen-bond donors (Lipinski definition) is 1. The summed E-state index contributed by atoms with van der Waals surface area (Å²) < 4.78 is 22.2. The second-order valence-electron chi connectivity index (χ2n) is 4.49. The molecule has 0 atom stereocenters. The zero-order valence-corrected chi connectivity index (χ0v) is 12.5. The monoisotopic (exact) mass is 312 g/mol. The number of carbonyl (C=O) groups excluding carboxylic acids is 1. The summed E-state index contributed by atoms with van der Waals surface area (Å²) in [5, 5.41) is 8.62. The Kier molecular flexibility index (Phi) is 5.60. The highest BCUT2D eigenvalue weighted by Gasteiger charge is 2.16. The minimum atomic E-state index is -3.16. The Morgan fingerprint density at radius 1 is 1.43 bits per heavy atom. The molecule has 1 N–H and O–H groups in total. The van der Waals surface area contributed by atoms with E-state index >= 15 is 0 Å². The van der Waals surface area contributed by atoms with Gasteiger partial charge >= 0.3 is 5.97 Å². The van der Waals surface area contributed by atoms with Crippen LogP contribution in [0.4, 0.5) is 0 Å². The van der Waals surface area contributed by atoms with E-state index in [1.807, 2.05) is 0 Å². The molecule has 1 aromatic rings. The van der Waals surface area contributed by atoms with Gasteiger partial charge in [0.1, 0.15) is 9.84 Å². The van der Waals surface area contributed by atoms with E-state index in [-0.39, 0.29) is 17.9 Å². The number of pyridine rings is 1. The van der Waals surface area contributed by atoms with Gasteiger partial charge in [-0.25, -0.2) is 13.2 Å². The van der Waals surface area contributed by atoms with Gasteiger partial charge in [0.15, 0.2) is 0 Å². The van der Waals surface area contributed by atoms with E-state index in [0.717, 1.165) is 12.3 Å². The second kappa shape index (κ2) is 6.98. The topological polar surface area (TPSA) is 105 Å². The van der Waals surface area contributed by atoms with Crippen LogP contribution in [0.5, 0.6) is 0 Å². The van der Waals surface area contributed by atoms with Crippen LogP contribution >= 0.6 is 0 Å². The van der Waals surface area contributed by atoms with Gasteiger partial charge in [0.25, 0.3) is 5.91 Å². The zero-order valence-electron chi connectivity index (χ0n) is 11.7. The third-order valence-corrected chi connectivity index (χ3v) is 3.56. The lowest BCUT2D eigenvalue weighted by Crippen LogP contribution is -2.31. The third-order valence-electron chi connectivity index (χ3n) is 2.63. The number of carbonyl (C=O) groups is 2. The van der Waals surface area contributed by atoms with E-state index in [2.05, 4.69) is 4.98 Å². The Labute approximate surface area is 122 Å². The molecule has 0 unspecified atom stereocenters. The minimum absolute atomic E-state index is 0.0576. The van der Waals surface area contributed by atoms with Gasteiger partial charge in [0, 0.05) is 49.4 Å². The Morgan fingerprint density at radius 3 is 2.67 bits per heavy atom. The molecule has 0 spiro atoms. The Morgan fingerprint density at radius 2 is 2.10 bits per heavy atom. The van der Waals surface area contributed by atoms with Gasteiger partial charge in [-0.1, -0.05) is 0 Å². The van der Waals surface area contributed by atoms with E-state index in [1.165, 1.54) is 36.5 Å². The van der Waals surface area contributed by atoms with Crippen molar-refractivity contribution in [3.8, 4) is 0 Å². The zero-order chi connectivity index (χ0) is 16.0. The summed E-state index contributed by atoms with van der Waals surface area (Å²) in [5.41, 5.74) is 0.620. The lowest BCUT2D eigenvalue weighted by molar-refractivity contribution is -0.131. The molecular weight excluding hydrogens is 296 g/mol. The molecule has 0 aliphatic carbocycles. The minimum Gasteiger partial charge on any atom is -0.478 e. The summed E-state index contributed by atoms with van der Waals surface area (Å²) in [6.07, 6.45) is 6.06. The number of nitrogens with zero attached hydrogens (tertiary/aromatic N) is 2. The number of amides is 1. The Balaban J connectivity index is 2.94. The van der Waals surface area contributed by atoms with Crippen molar-refractivity contribution in [3.63, 3.8) is 0 Å². The average Bonchev–Trinajstić information content (AvgIpc) is 2.41. The van der Waals surface area contributed by atoms with Crippen LogP contribution in [0.3, 0.4) is 0 Å². The Hall–Kier alpha value is -2.22. The maximum atomic E-state index is 12.2. The van der Waals surface area contributed by atoms with Gasteiger partial charge in [0.2, 0.25) is 0 Å². The van der Waals surface area contributed by atoms with Crippen LogP contribution in [0.25, 0.3) is 6.08 Å². The summed E-state index contributed by atoms with van der Waals surface area (Å²) in [6, 6.07) is 1.46. The molecule has 8 heteroatoms. The van der Waals surface area contributed by atoms with Crippen molar-refractivity contribution in [2.45, 2.75) is 0 Å². The molecule has 0 saturated carbocycles. The highest BCUT2D eigenvalue weighted by molar-refractivity contribution is 7.90. The number of aliphatic carboxylic acids is 1. The van der Waals surface area contributed by atoms with Crippen molar-refractivity contribution in [2.24, 2.45) is 0 Å². The lowest BCUT2D eigenvalue weighted by atomic mass is 10.1. The van der Waals surface area contributed by atoms with Crippen LogP contribution in [0, 0.1) is 0 Å². The van der Waals surface area contributed by atoms with Crippen molar-refractivity contribution in [3.05, 3.63) is 35.7 Å². The van der Waals surface area contributed by atoms with Crippen LogP contribution in [0.2, 0.25) is 0 Å². The molecule has 0 bridgehead atoms. The van der Waals surface area contributed by atoms with Crippen molar-refractivity contribution >= 4 is 27.8 Å². The van der Waals surface area contributed by atoms with Crippen LogP contribution in [-0.2, 0) is 14.6 Å². The lowest BCUT2D eigenvalue weighted by Gasteiger charge is -2.17. The molecule has 0 aromatic carbocycles. The molecule has 7 nitrogen and oxygen atoms in total. The fourth-order valence-corrected chi connectivity index (χ4v) is 2.11. The molecule has 1 rings (SSSR count).